The Labute approximate surface area is 162 Å². The number of benzene rings is 3. The Bertz CT molecular complexity index is 997. The Morgan fingerprint density at radius 2 is 1.57 bits per heavy atom. The van der Waals surface area contributed by atoms with Crippen LogP contribution in [0.2, 0.25) is 0 Å². The van der Waals surface area contributed by atoms with Gasteiger partial charge in [0, 0.05) is 11.8 Å². The lowest BCUT2D eigenvalue weighted by atomic mass is 10.1. The van der Waals surface area contributed by atoms with Crippen LogP contribution in [-0.2, 0) is 11.2 Å². The van der Waals surface area contributed by atoms with E-state index in [0.717, 1.165) is 22.6 Å². The normalized spacial score (nSPS) is 11.2. The number of hydrogen-bond acceptors (Lipinski definition) is 5. The second-order valence-corrected chi connectivity index (χ2v) is 5.95. The van der Waals surface area contributed by atoms with E-state index in [2.05, 4.69) is 15.2 Å². The number of nitrogens with zero attached hydrogens (tertiary/aromatic N) is 3. The molecule has 0 aromatic heterocycles. The summed E-state index contributed by atoms with van der Waals surface area (Å²) in [6.07, 6.45) is 1.62. The average Bonchev–Trinajstić information content (AvgIpc) is 2.72. The zero-order chi connectivity index (χ0) is 19.8. The molecule has 0 spiro atoms. The molecule has 3 rings (SSSR count). The number of carboxylic acid groups (broad SMARTS) is 1. The van der Waals surface area contributed by atoms with Crippen molar-refractivity contribution in [2.45, 2.75) is 6.42 Å². The number of rotatable bonds is 7. The third kappa shape index (κ3) is 5.35. The molecule has 0 atom stereocenters. The highest BCUT2D eigenvalue weighted by Gasteiger charge is 2.07. The molecule has 3 aromatic rings. The van der Waals surface area contributed by atoms with Crippen LogP contribution < -0.4 is 4.74 Å². The van der Waals surface area contributed by atoms with Crippen LogP contribution in [-0.4, -0.2) is 24.4 Å². The van der Waals surface area contributed by atoms with Crippen LogP contribution in [0.4, 0.5) is 17.1 Å². The van der Waals surface area contributed by atoms with Gasteiger partial charge in [0.1, 0.15) is 5.75 Å². The summed E-state index contributed by atoms with van der Waals surface area (Å²) < 4.78 is 5.27. The van der Waals surface area contributed by atoms with Crippen LogP contribution in [0.15, 0.2) is 88.0 Å². The molecule has 0 aliphatic rings. The van der Waals surface area contributed by atoms with Crippen LogP contribution in [0.25, 0.3) is 0 Å². The average molecular weight is 373 g/mol. The van der Waals surface area contributed by atoms with Crippen molar-refractivity contribution < 1.29 is 14.6 Å². The molecule has 1 N–H and O–H groups in total. The topological polar surface area (TPSA) is 83.6 Å². The van der Waals surface area contributed by atoms with Crippen LogP contribution in [0.5, 0.6) is 5.75 Å². The molecule has 28 heavy (non-hydrogen) atoms. The predicted octanol–water partition coefficient (Wildman–Crippen LogP) is 5.49. The first kappa shape index (κ1) is 19.0. The molecule has 6 nitrogen and oxygen atoms in total. The van der Waals surface area contributed by atoms with Gasteiger partial charge in [-0.1, -0.05) is 30.3 Å². The quantitative estimate of drug-likeness (QED) is 0.439. The molecular formula is C22H19N3O3. The first-order chi connectivity index (χ1) is 13.6. The Hall–Kier alpha value is -3.80. The van der Waals surface area contributed by atoms with Crippen molar-refractivity contribution in [3.05, 3.63) is 83.9 Å². The van der Waals surface area contributed by atoms with E-state index in [1.54, 1.807) is 18.3 Å². The molecule has 0 saturated carbocycles. The molecule has 140 valence electrons. The zero-order valence-corrected chi connectivity index (χ0v) is 15.3. The van der Waals surface area contributed by atoms with Gasteiger partial charge in [0.05, 0.1) is 30.6 Å². The molecule has 0 heterocycles. The van der Waals surface area contributed by atoms with Crippen molar-refractivity contribution in [1.82, 2.24) is 0 Å². The van der Waals surface area contributed by atoms with Crippen molar-refractivity contribution in [3.8, 4) is 5.75 Å². The molecule has 0 aliphatic carbocycles. The molecular weight excluding hydrogens is 354 g/mol. The summed E-state index contributed by atoms with van der Waals surface area (Å²) in [7, 11) is 1.52. The maximum atomic E-state index is 10.9. The van der Waals surface area contributed by atoms with Gasteiger partial charge in [-0.05, 0) is 48.0 Å². The van der Waals surface area contributed by atoms with Crippen molar-refractivity contribution in [2.24, 2.45) is 15.2 Å². The molecule has 0 radical (unpaired) electrons. The largest absolute Gasteiger partial charge is 0.496 e. The van der Waals surface area contributed by atoms with Gasteiger partial charge in [0.15, 0.2) is 0 Å². The van der Waals surface area contributed by atoms with E-state index in [0.29, 0.717) is 11.3 Å². The van der Waals surface area contributed by atoms with Crippen LogP contribution in [0.3, 0.4) is 0 Å². The number of aliphatic carboxylic acids is 1. The first-order valence-corrected chi connectivity index (χ1v) is 8.63. The minimum atomic E-state index is -0.899. The molecule has 0 unspecified atom stereocenters. The van der Waals surface area contributed by atoms with Gasteiger partial charge in [-0.3, -0.25) is 9.79 Å². The van der Waals surface area contributed by atoms with E-state index in [4.69, 9.17) is 9.84 Å². The summed E-state index contributed by atoms with van der Waals surface area (Å²) in [6.45, 7) is 0. The number of ether oxygens (including phenoxy) is 1. The summed E-state index contributed by atoms with van der Waals surface area (Å²) in [6, 6.07) is 22.2. The molecule has 3 aromatic carbocycles. The van der Waals surface area contributed by atoms with E-state index in [1.165, 1.54) is 7.11 Å². The van der Waals surface area contributed by atoms with E-state index in [9.17, 15) is 4.79 Å². The number of methoxy groups -OCH3 is 1. The summed E-state index contributed by atoms with van der Waals surface area (Å²) in [4.78, 5) is 15.3. The monoisotopic (exact) mass is 373 g/mol. The fourth-order valence-electron chi connectivity index (χ4n) is 2.51. The predicted molar refractivity (Wildman–Crippen MR) is 109 cm³/mol. The van der Waals surface area contributed by atoms with Gasteiger partial charge in [0.25, 0.3) is 0 Å². The van der Waals surface area contributed by atoms with Crippen LogP contribution >= 0.6 is 0 Å². The van der Waals surface area contributed by atoms with Gasteiger partial charge in [-0.15, -0.1) is 0 Å². The Morgan fingerprint density at radius 3 is 2.21 bits per heavy atom. The highest BCUT2D eigenvalue weighted by atomic mass is 16.5. The third-order valence-corrected chi connectivity index (χ3v) is 3.90. The molecule has 0 amide bonds. The minimum absolute atomic E-state index is 0.0837. The summed E-state index contributed by atoms with van der Waals surface area (Å²) in [5.41, 5.74) is 3.75. The number of azo groups is 1. The Balaban J connectivity index is 1.69. The fourth-order valence-corrected chi connectivity index (χ4v) is 2.51. The molecule has 0 saturated heterocycles. The lowest BCUT2D eigenvalue weighted by molar-refractivity contribution is -0.136. The summed E-state index contributed by atoms with van der Waals surface area (Å²) >= 11 is 0. The lowest BCUT2D eigenvalue weighted by Crippen LogP contribution is -2.02. The Morgan fingerprint density at radius 1 is 0.929 bits per heavy atom. The van der Waals surface area contributed by atoms with Gasteiger partial charge in [0.2, 0.25) is 0 Å². The minimum Gasteiger partial charge on any atom is -0.496 e. The molecule has 6 heteroatoms. The van der Waals surface area contributed by atoms with Crippen molar-refractivity contribution in [3.63, 3.8) is 0 Å². The number of aliphatic imine (C=N–C) groups is 1. The van der Waals surface area contributed by atoms with E-state index in [-0.39, 0.29) is 6.42 Å². The maximum Gasteiger partial charge on any atom is 0.307 e. The van der Waals surface area contributed by atoms with Crippen LogP contribution in [0, 0.1) is 0 Å². The second-order valence-electron chi connectivity index (χ2n) is 5.95. The van der Waals surface area contributed by atoms with Gasteiger partial charge in [-0.25, -0.2) is 0 Å². The van der Waals surface area contributed by atoms with E-state index >= 15 is 0 Å². The SMILES string of the molecule is COc1cc(C=Nc2ccc(N=Nc3ccccc3)cc2)ccc1CC(=O)O. The van der Waals surface area contributed by atoms with Crippen LogP contribution in [0.1, 0.15) is 11.1 Å². The summed E-state index contributed by atoms with van der Waals surface area (Å²) in [5.74, 6) is -0.368. The second kappa shape index (κ2) is 9.23. The standard InChI is InChI=1S/C22H19N3O3/c1-28-21-13-16(7-8-17(21)14-22(26)27)15-23-18-9-11-20(12-10-18)25-24-19-5-3-2-4-6-19/h2-13,15H,14H2,1H3,(H,26,27). The van der Waals surface area contributed by atoms with Crippen molar-refractivity contribution in [1.29, 1.82) is 0 Å². The smallest absolute Gasteiger partial charge is 0.307 e. The third-order valence-electron chi connectivity index (χ3n) is 3.90. The number of carbonyl (C=O) groups is 1. The number of carboxylic acids is 1. The molecule has 0 fully saturated rings. The fraction of sp³-hybridized carbons (Fsp3) is 0.0909. The van der Waals surface area contributed by atoms with E-state index in [1.807, 2.05) is 60.7 Å². The van der Waals surface area contributed by atoms with Gasteiger partial charge in [-0.2, -0.15) is 10.2 Å². The number of hydrogen-bond donors (Lipinski definition) is 1. The van der Waals surface area contributed by atoms with Crippen molar-refractivity contribution >= 4 is 29.2 Å². The van der Waals surface area contributed by atoms with E-state index < -0.39 is 5.97 Å². The van der Waals surface area contributed by atoms with Gasteiger partial charge >= 0.3 is 5.97 Å². The van der Waals surface area contributed by atoms with Gasteiger partial charge < -0.3 is 9.84 Å². The van der Waals surface area contributed by atoms with Crippen molar-refractivity contribution in [2.75, 3.05) is 7.11 Å². The highest BCUT2D eigenvalue weighted by Crippen LogP contribution is 2.23. The zero-order valence-electron chi connectivity index (χ0n) is 15.3. The lowest BCUT2D eigenvalue weighted by Gasteiger charge is -2.07. The summed E-state index contributed by atoms with van der Waals surface area (Å²) in [5, 5.41) is 17.3. The molecule has 0 bridgehead atoms. The maximum absolute atomic E-state index is 10.9. The Kier molecular flexibility index (Phi) is 6.25. The highest BCUT2D eigenvalue weighted by molar-refractivity contribution is 5.83. The first-order valence-electron chi connectivity index (χ1n) is 8.63. The molecule has 0 aliphatic heterocycles.